The summed E-state index contributed by atoms with van der Waals surface area (Å²) in [4.78, 5) is 11.3. The van der Waals surface area contributed by atoms with Crippen molar-refractivity contribution in [3.8, 4) is 0 Å². The molecule has 0 amide bonds. The molecular weight excluding hydrogens is 238 g/mol. The number of ether oxygens (including phenoxy) is 1. The summed E-state index contributed by atoms with van der Waals surface area (Å²) in [5.74, 6) is 0.847. The summed E-state index contributed by atoms with van der Waals surface area (Å²) < 4.78 is 5.78. The third-order valence-corrected chi connectivity index (χ3v) is 3.95. The van der Waals surface area contributed by atoms with Crippen molar-refractivity contribution < 1.29 is 4.74 Å². The van der Waals surface area contributed by atoms with Crippen LogP contribution in [0.5, 0.6) is 0 Å². The second kappa shape index (κ2) is 6.44. The number of aromatic nitrogens is 2. The van der Waals surface area contributed by atoms with Gasteiger partial charge in [0.05, 0.1) is 6.10 Å². The van der Waals surface area contributed by atoms with E-state index in [1.54, 1.807) is 0 Å². The van der Waals surface area contributed by atoms with Crippen molar-refractivity contribution in [2.45, 2.75) is 52.7 Å². The molecule has 1 aromatic rings. The number of likely N-dealkylation sites (tertiary alicyclic amines) is 1. The van der Waals surface area contributed by atoms with Crippen molar-refractivity contribution in [2.75, 3.05) is 19.7 Å². The minimum Gasteiger partial charge on any atom is -0.377 e. The maximum atomic E-state index is 5.78. The third-order valence-electron chi connectivity index (χ3n) is 3.95. The molecule has 1 saturated heterocycles. The van der Waals surface area contributed by atoms with E-state index in [9.17, 15) is 0 Å². The van der Waals surface area contributed by atoms with Crippen LogP contribution in [0, 0.1) is 13.8 Å². The molecule has 0 aliphatic carbocycles. The maximum absolute atomic E-state index is 5.78. The van der Waals surface area contributed by atoms with Crippen LogP contribution in [0.25, 0.3) is 0 Å². The second-order valence-corrected chi connectivity index (χ2v) is 5.35. The van der Waals surface area contributed by atoms with Gasteiger partial charge in [0, 0.05) is 36.6 Å². The van der Waals surface area contributed by atoms with E-state index in [2.05, 4.69) is 35.6 Å². The molecule has 106 valence electrons. The predicted octanol–water partition coefficient (Wildman–Crippen LogP) is 2.66. The fraction of sp³-hybridized carbons (Fsp3) is 0.733. The second-order valence-electron chi connectivity index (χ2n) is 5.35. The molecule has 4 nitrogen and oxygen atoms in total. The van der Waals surface area contributed by atoms with Gasteiger partial charge >= 0.3 is 0 Å². The van der Waals surface area contributed by atoms with Crippen LogP contribution in [0.2, 0.25) is 0 Å². The fourth-order valence-corrected chi connectivity index (χ4v) is 2.89. The monoisotopic (exact) mass is 263 g/mol. The summed E-state index contributed by atoms with van der Waals surface area (Å²) in [5, 5.41) is 0. The van der Waals surface area contributed by atoms with Crippen LogP contribution in [0.4, 0.5) is 0 Å². The summed E-state index contributed by atoms with van der Waals surface area (Å²) >= 11 is 0. The van der Waals surface area contributed by atoms with Crippen molar-refractivity contribution in [1.82, 2.24) is 14.9 Å². The van der Waals surface area contributed by atoms with Crippen LogP contribution in [0.1, 0.15) is 49.8 Å². The van der Waals surface area contributed by atoms with Crippen LogP contribution in [0.3, 0.4) is 0 Å². The quantitative estimate of drug-likeness (QED) is 0.837. The largest absolute Gasteiger partial charge is 0.377 e. The molecule has 0 radical (unpaired) electrons. The topological polar surface area (TPSA) is 38.2 Å². The normalized spacial score (nSPS) is 22.4. The molecule has 2 rings (SSSR count). The van der Waals surface area contributed by atoms with Crippen LogP contribution < -0.4 is 0 Å². The van der Waals surface area contributed by atoms with E-state index in [1.807, 2.05) is 13.1 Å². The highest BCUT2D eigenvalue weighted by molar-refractivity contribution is 5.20. The lowest BCUT2D eigenvalue weighted by Crippen LogP contribution is -2.41. The van der Waals surface area contributed by atoms with Crippen molar-refractivity contribution in [3.05, 3.63) is 23.3 Å². The highest BCUT2D eigenvalue weighted by Crippen LogP contribution is 2.26. The van der Waals surface area contributed by atoms with Gasteiger partial charge in [0.25, 0.3) is 0 Å². The molecule has 2 heterocycles. The first-order valence-electron chi connectivity index (χ1n) is 7.27. The maximum Gasteiger partial charge on any atom is 0.125 e. The Bertz CT molecular complexity index is 420. The van der Waals surface area contributed by atoms with Gasteiger partial charge in [0.2, 0.25) is 0 Å². The van der Waals surface area contributed by atoms with Gasteiger partial charge in [-0.3, -0.25) is 4.90 Å². The lowest BCUT2D eigenvalue weighted by molar-refractivity contribution is -0.00554. The van der Waals surface area contributed by atoms with Crippen molar-refractivity contribution in [3.63, 3.8) is 0 Å². The molecule has 0 unspecified atom stereocenters. The highest BCUT2D eigenvalue weighted by Gasteiger charge is 2.25. The fourth-order valence-electron chi connectivity index (χ4n) is 2.89. The van der Waals surface area contributed by atoms with Gasteiger partial charge in [-0.2, -0.15) is 0 Å². The Kier molecular flexibility index (Phi) is 4.88. The summed E-state index contributed by atoms with van der Waals surface area (Å²) in [7, 11) is 0. The molecule has 1 aromatic heterocycles. The van der Waals surface area contributed by atoms with Crippen LogP contribution >= 0.6 is 0 Å². The SMILES string of the molecule is CCO[C@@H]1CCCN([C@H](C)c2cnc(C)nc2C)C1. The number of hydrogen-bond acceptors (Lipinski definition) is 4. The molecule has 2 atom stereocenters. The van der Waals surface area contributed by atoms with Gasteiger partial charge < -0.3 is 4.74 Å². The molecule has 0 bridgehead atoms. The van der Waals surface area contributed by atoms with E-state index >= 15 is 0 Å². The lowest BCUT2D eigenvalue weighted by Gasteiger charge is -2.36. The van der Waals surface area contributed by atoms with Crippen LogP contribution in [-0.2, 0) is 4.74 Å². The van der Waals surface area contributed by atoms with E-state index in [-0.39, 0.29) is 0 Å². The van der Waals surface area contributed by atoms with Crippen LogP contribution in [0.15, 0.2) is 6.20 Å². The number of hydrogen-bond donors (Lipinski definition) is 0. The number of piperidine rings is 1. The zero-order chi connectivity index (χ0) is 13.8. The number of rotatable bonds is 4. The molecule has 0 N–H and O–H groups in total. The molecule has 0 spiro atoms. The van der Waals surface area contributed by atoms with Gasteiger partial charge in [-0.15, -0.1) is 0 Å². The van der Waals surface area contributed by atoms with E-state index in [1.165, 1.54) is 18.4 Å². The average molecular weight is 263 g/mol. The van der Waals surface area contributed by atoms with Crippen molar-refractivity contribution in [2.24, 2.45) is 0 Å². The first kappa shape index (κ1) is 14.4. The first-order chi connectivity index (χ1) is 9.11. The minimum absolute atomic E-state index is 0.365. The minimum atomic E-state index is 0.365. The van der Waals surface area contributed by atoms with E-state index in [0.29, 0.717) is 12.1 Å². The Morgan fingerprint density at radius 1 is 1.47 bits per heavy atom. The van der Waals surface area contributed by atoms with E-state index in [4.69, 9.17) is 4.74 Å². The molecular formula is C15H25N3O. The molecule has 1 aliphatic heterocycles. The van der Waals surface area contributed by atoms with E-state index in [0.717, 1.165) is 31.2 Å². The van der Waals surface area contributed by atoms with Crippen LogP contribution in [-0.4, -0.2) is 40.7 Å². The molecule has 0 aromatic carbocycles. The molecule has 0 saturated carbocycles. The summed E-state index contributed by atoms with van der Waals surface area (Å²) in [6, 6.07) is 0.365. The first-order valence-corrected chi connectivity index (χ1v) is 7.27. The molecule has 1 fully saturated rings. The van der Waals surface area contributed by atoms with Gasteiger partial charge in [-0.25, -0.2) is 9.97 Å². The Balaban J connectivity index is 2.07. The Labute approximate surface area is 116 Å². The summed E-state index contributed by atoms with van der Waals surface area (Å²) in [6.45, 7) is 11.3. The Morgan fingerprint density at radius 2 is 2.26 bits per heavy atom. The van der Waals surface area contributed by atoms with Gasteiger partial charge in [0.15, 0.2) is 0 Å². The zero-order valence-electron chi connectivity index (χ0n) is 12.5. The third kappa shape index (κ3) is 3.51. The Hall–Kier alpha value is -1.00. The molecule has 1 aliphatic rings. The highest BCUT2D eigenvalue weighted by atomic mass is 16.5. The summed E-state index contributed by atoms with van der Waals surface area (Å²) in [6.07, 6.45) is 4.75. The molecule has 4 heteroatoms. The zero-order valence-corrected chi connectivity index (χ0v) is 12.5. The number of nitrogens with zero attached hydrogens (tertiary/aromatic N) is 3. The standard InChI is InChI=1S/C15H25N3O/c1-5-19-14-7-6-8-18(10-14)12(3)15-9-16-13(4)17-11(15)2/h9,12,14H,5-8,10H2,1-4H3/t12-,14-/m1/s1. The average Bonchev–Trinajstić information content (AvgIpc) is 2.39. The predicted molar refractivity (Wildman–Crippen MR) is 76.1 cm³/mol. The lowest BCUT2D eigenvalue weighted by atomic mass is 10.0. The van der Waals surface area contributed by atoms with Gasteiger partial charge in [-0.1, -0.05) is 0 Å². The van der Waals surface area contributed by atoms with Gasteiger partial charge in [0.1, 0.15) is 5.82 Å². The van der Waals surface area contributed by atoms with E-state index < -0.39 is 0 Å². The van der Waals surface area contributed by atoms with Crippen molar-refractivity contribution in [1.29, 1.82) is 0 Å². The molecule has 19 heavy (non-hydrogen) atoms. The summed E-state index contributed by atoms with van der Waals surface area (Å²) in [5.41, 5.74) is 2.33. The smallest absolute Gasteiger partial charge is 0.125 e. The van der Waals surface area contributed by atoms with Crippen molar-refractivity contribution >= 4 is 0 Å². The number of aryl methyl sites for hydroxylation is 2. The van der Waals surface area contributed by atoms with Gasteiger partial charge in [-0.05, 0) is 47.1 Å². The Morgan fingerprint density at radius 3 is 2.95 bits per heavy atom.